The summed E-state index contributed by atoms with van der Waals surface area (Å²) in [6.45, 7) is 4.89. The molecule has 3 aromatic rings. The zero-order chi connectivity index (χ0) is 19.0. The van der Waals surface area contributed by atoms with Crippen molar-refractivity contribution in [2.24, 2.45) is 0 Å². The highest BCUT2D eigenvalue weighted by atomic mass is 35.5. The second-order valence-corrected chi connectivity index (χ2v) is 7.61. The minimum Gasteiger partial charge on any atom is -0.507 e. The standard InChI is InChI=1S/C20H22ClFN4O.ClH/c1-13-9-15(21)11-18(27)19(13)17-10-14-4-6-26(20(14)24-23-17)8-7-25-5-2-3-16(22)12-25;/h4,6,9-11,16,27H,2-3,5,7-8,12H2,1H3;1H. The molecule has 0 spiro atoms. The van der Waals surface area contributed by atoms with E-state index in [9.17, 15) is 9.50 Å². The van der Waals surface area contributed by atoms with Gasteiger partial charge in [-0.1, -0.05) is 11.6 Å². The van der Waals surface area contributed by atoms with Gasteiger partial charge in [-0.25, -0.2) is 4.39 Å². The van der Waals surface area contributed by atoms with Gasteiger partial charge in [-0.05, 0) is 56.1 Å². The van der Waals surface area contributed by atoms with E-state index in [4.69, 9.17) is 11.6 Å². The predicted molar refractivity (Wildman–Crippen MR) is 112 cm³/mol. The first-order valence-electron chi connectivity index (χ1n) is 9.20. The van der Waals surface area contributed by atoms with E-state index in [1.807, 2.05) is 29.8 Å². The summed E-state index contributed by atoms with van der Waals surface area (Å²) in [5, 5.41) is 20.4. The zero-order valence-electron chi connectivity index (χ0n) is 15.6. The summed E-state index contributed by atoms with van der Waals surface area (Å²) in [6.07, 6.45) is 2.86. The topological polar surface area (TPSA) is 54.2 Å². The number of aromatic hydroxyl groups is 1. The molecule has 1 aromatic carbocycles. The number of phenolic OH excluding ortho intramolecular Hbond substituents is 1. The van der Waals surface area contributed by atoms with E-state index in [1.165, 1.54) is 6.07 Å². The summed E-state index contributed by atoms with van der Waals surface area (Å²) in [7, 11) is 0. The number of nitrogens with zero attached hydrogens (tertiary/aromatic N) is 4. The first kappa shape index (κ1) is 20.8. The Morgan fingerprint density at radius 1 is 1.25 bits per heavy atom. The number of aryl methyl sites for hydroxylation is 1. The minimum atomic E-state index is -0.710. The lowest BCUT2D eigenvalue weighted by atomic mass is 10.0. The second kappa shape index (κ2) is 8.64. The molecule has 1 aliphatic heterocycles. The normalized spacial score (nSPS) is 17.6. The van der Waals surface area contributed by atoms with Gasteiger partial charge in [0, 0.05) is 41.8 Å². The first-order valence-corrected chi connectivity index (χ1v) is 9.57. The Kier molecular flexibility index (Phi) is 6.43. The van der Waals surface area contributed by atoms with Crippen LogP contribution in [-0.2, 0) is 6.54 Å². The van der Waals surface area contributed by atoms with E-state index in [2.05, 4.69) is 15.1 Å². The van der Waals surface area contributed by atoms with Crippen LogP contribution in [-0.4, -0.2) is 50.6 Å². The summed E-state index contributed by atoms with van der Waals surface area (Å²) < 4.78 is 15.6. The quantitative estimate of drug-likeness (QED) is 0.663. The van der Waals surface area contributed by atoms with Gasteiger partial charge in [0.25, 0.3) is 0 Å². The van der Waals surface area contributed by atoms with E-state index in [-0.39, 0.29) is 18.2 Å². The fourth-order valence-corrected chi connectivity index (χ4v) is 4.07. The third kappa shape index (κ3) is 4.24. The van der Waals surface area contributed by atoms with Gasteiger partial charge in [-0.2, -0.15) is 0 Å². The molecule has 1 unspecified atom stereocenters. The Balaban J connectivity index is 0.00000225. The van der Waals surface area contributed by atoms with Crippen molar-refractivity contribution in [3.63, 3.8) is 0 Å². The SMILES string of the molecule is Cc1cc(Cl)cc(O)c1-c1cc2ccn(CCN3CCCC(F)C3)c2nn1.Cl. The van der Waals surface area contributed by atoms with Crippen LogP contribution in [0, 0.1) is 6.92 Å². The predicted octanol–water partition coefficient (Wildman–Crippen LogP) is 4.62. The van der Waals surface area contributed by atoms with E-state index in [0.717, 1.165) is 42.7 Å². The molecule has 5 nitrogen and oxygen atoms in total. The highest BCUT2D eigenvalue weighted by molar-refractivity contribution is 6.31. The molecule has 1 fully saturated rings. The molecule has 4 rings (SSSR count). The molecule has 0 aliphatic carbocycles. The van der Waals surface area contributed by atoms with Crippen LogP contribution >= 0.6 is 24.0 Å². The lowest BCUT2D eigenvalue weighted by Gasteiger charge is -2.28. The molecular weight excluding hydrogens is 402 g/mol. The molecule has 8 heteroatoms. The lowest BCUT2D eigenvalue weighted by molar-refractivity contribution is 0.135. The molecule has 0 bridgehead atoms. The van der Waals surface area contributed by atoms with E-state index in [1.54, 1.807) is 6.07 Å². The number of alkyl halides is 1. The van der Waals surface area contributed by atoms with Crippen LogP contribution in [0.1, 0.15) is 18.4 Å². The van der Waals surface area contributed by atoms with Crippen LogP contribution in [0.5, 0.6) is 5.75 Å². The van der Waals surface area contributed by atoms with Crippen LogP contribution in [0.15, 0.2) is 30.5 Å². The molecule has 0 saturated carbocycles. The van der Waals surface area contributed by atoms with Crippen LogP contribution in [0.25, 0.3) is 22.3 Å². The van der Waals surface area contributed by atoms with Crippen molar-refractivity contribution in [3.8, 4) is 17.0 Å². The van der Waals surface area contributed by atoms with Crippen molar-refractivity contribution in [2.75, 3.05) is 19.6 Å². The first-order chi connectivity index (χ1) is 13.0. The number of fused-ring (bicyclic) bond motifs is 1. The fraction of sp³-hybridized carbons (Fsp3) is 0.400. The van der Waals surface area contributed by atoms with Crippen LogP contribution in [0.4, 0.5) is 4.39 Å². The third-order valence-corrected chi connectivity index (χ3v) is 5.37. The molecule has 28 heavy (non-hydrogen) atoms. The van der Waals surface area contributed by atoms with Crippen molar-refractivity contribution in [2.45, 2.75) is 32.5 Å². The number of hydrogen-bond donors (Lipinski definition) is 1. The zero-order valence-corrected chi connectivity index (χ0v) is 17.2. The molecule has 3 heterocycles. The molecule has 1 aliphatic rings. The third-order valence-electron chi connectivity index (χ3n) is 5.15. The van der Waals surface area contributed by atoms with Crippen molar-refractivity contribution in [1.29, 1.82) is 0 Å². The van der Waals surface area contributed by atoms with Crippen molar-refractivity contribution >= 4 is 35.0 Å². The number of rotatable bonds is 4. The Labute approximate surface area is 174 Å². The highest BCUT2D eigenvalue weighted by Crippen LogP contribution is 2.34. The van der Waals surface area contributed by atoms with Crippen molar-refractivity contribution < 1.29 is 9.50 Å². The molecule has 0 radical (unpaired) electrons. The van der Waals surface area contributed by atoms with Crippen molar-refractivity contribution in [3.05, 3.63) is 41.0 Å². The highest BCUT2D eigenvalue weighted by Gasteiger charge is 2.19. The fourth-order valence-electron chi connectivity index (χ4n) is 3.80. The van der Waals surface area contributed by atoms with Gasteiger partial charge < -0.3 is 9.67 Å². The average Bonchev–Trinajstić information content (AvgIpc) is 3.01. The van der Waals surface area contributed by atoms with Gasteiger partial charge in [0.2, 0.25) is 0 Å². The molecule has 0 amide bonds. The van der Waals surface area contributed by atoms with Gasteiger partial charge >= 0.3 is 0 Å². The van der Waals surface area contributed by atoms with Crippen molar-refractivity contribution in [1.82, 2.24) is 19.7 Å². The Hall–Kier alpha value is -1.89. The Bertz CT molecular complexity index is 955. The van der Waals surface area contributed by atoms with Gasteiger partial charge in [0.1, 0.15) is 11.9 Å². The van der Waals surface area contributed by atoms with Crippen LogP contribution < -0.4 is 0 Å². The Morgan fingerprint density at radius 3 is 2.82 bits per heavy atom. The monoisotopic (exact) mass is 424 g/mol. The average molecular weight is 425 g/mol. The smallest absolute Gasteiger partial charge is 0.162 e. The van der Waals surface area contributed by atoms with Crippen LogP contribution in [0.3, 0.4) is 0 Å². The largest absolute Gasteiger partial charge is 0.507 e. The summed E-state index contributed by atoms with van der Waals surface area (Å²) in [5.41, 5.74) is 2.89. The van der Waals surface area contributed by atoms with Gasteiger partial charge in [-0.15, -0.1) is 22.6 Å². The van der Waals surface area contributed by atoms with E-state index < -0.39 is 6.17 Å². The number of halogens is 3. The minimum absolute atomic E-state index is 0. The number of hydrogen-bond acceptors (Lipinski definition) is 4. The maximum absolute atomic E-state index is 13.5. The Morgan fingerprint density at radius 2 is 2.07 bits per heavy atom. The summed E-state index contributed by atoms with van der Waals surface area (Å²) >= 11 is 5.99. The number of benzene rings is 1. The van der Waals surface area contributed by atoms with E-state index in [0.29, 0.717) is 29.2 Å². The molecule has 1 atom stereocenters. The van der Waals surface area contributed by atoms with Gasteiger partial charge in [-0.3, -0.25) is 4.90 Å². The summed E-state index contributed by atoms with van der Waals surface area (Å²) in [6, 6.07) is 7.22. The molecular formula is C20H23Cl2FN4O. The maximum atomic E-state index is 13.5. The summed E-state index contributed by atoms with van der Waals surface area (Å²) in [4.78, 5) is 2.16. The molecule has 2 aromatic heterocycles. The van der Waals surface area contributed by atoms with Crippen LogP contribution in [0.2, 0.25) is 5.02 Å². The number of aromatic nitrogens is 3. The van der Waals surface area contributed by atoms with E-state index >= 15 is 0 Å². The maximum Gasteiger partial charge on any atom is 0.162 e. The van der Waals surface area contributed by atoms with Gasteiger partial charge in [0.05, 0.1) is 5.69 Å². The molecule has 150 valence electrons. The second-order valence-electron chi connectivity index (χ2n) is 7.17. The number of piperidine rings is 1. The molecule has 1 saturated heterocycles. The molecule has 1 N–H and O–H groups in total. The number of likely N-dealkylation sites (tertiary alicyclic amines) is 1. The summed E-state index contributed by atoms with van der Waals surface area (Å²) in [5.74, 6) is 0.0963. The lowest BCUT2D eigenvalue weighted by Crippen LogP contribution is -2.38. The van der Waals surface area contributed by atoms with Gasteiger partial charge in [0.15, 0.2) is 5.65 Å². The number of phenols is 1.